The fraction of sp³-hybridized carbons (Fsp3) is 0.0682. The molecule has 0 bridgehead atoms. The number of nitrogen functional groups attached to an aromatic ring is 1. The number of halogens is 1. The summed E-state index contributed by atoms with van der Waals surface area (Å²) in [7, 11) is -1.78. The van der Waals surface area contributed by atoms with Gasteiger partial charge in [0.25, 0.3) is 0 Å². The van der Waals surface area contributed by atoms with Crippen molar-refractivity contribution in [3.05, 3.63) is 400 Å². The van der Waals surface area contributed by atoms with E-state index in [1.54, 1.807) is 12.3 Å². The van der Waals surface area contributed by atoms with Crippen molar-refractivity contribution < 1.29 is 29.6 Å². The molecule has 10 heteroatoms. The van der Waals surface area contributed by atoms with Gasteiger partial charge in [0.15, 0.2) is 0 Å². The van der Waals surface area contributed by atoms with Crippen LogP contribution in [0, 0.1) is 5.82 Å². The van der Waals surface area contributed by atoms with Gasteiger partial charge in [-0.05, 0) is 133 Å². The van der Waals surface area contributed by atoms with Crippen molar-refractivity contribution in [3.8, 4) is 17.0 Å². The molecule has 0 radical (unpaired) electrons. The fourth-order valence-corrected chi connectivity index (χ4v) is 20.6. The zero-order valence-electron chi connectivity index (χ0n) is 54.5. The second-order valence-corrected chi connectivity index (χ2v) is 31.6. The average Bonchev–Trinajstić information content (AvgIpc) is 0.877. The standard InChI is InChI=1S/4C18H15P.C16H18FN3O.Pd/c4*1-4-10-16(11-5-1)19(17-12-6-2-7-13-17)18-14-8-3-9-15-18;17-12-8-14(16(18)20-10-12)11-6-7-15(19-9-11)21-13-4-2-1-3-5-13;/h4*1-15H;6-10,13H,1-5H2,(H2,18,20);. The molecule has 2 heterocycles. The number of pyridine rings is 2. The van der Waals surface area contributed by atoms with E-state index in [1.165, 1.54) is 89.0 Å². The molecule has 488 valence electrons. The maximum atomic E-state index is 13.3. The minimum absolute atomic E-state index is 0. The summed E-state index contributed by atoms with van der Waals surface area (Å²) < 4.78 is 19.1. The van der Waals surface area contributed by atoms with Crippen LogP contribution in [0.25, 0.3) is 11.1 Å². The molecule has 0 aliphatic heterocycles. The zero-order chi connectivity index (χ0) is 66.3. The predicted molar refractivity (Wildman–Crippen MR) is 420 cm³/mol. The SMILES string of the molecule is Nc1ncc(F)cc1-c1ccc(OC2CCCCC2)nc1.[Pd].c1ccc(P(c2ccccc2)c2ccccc2)cc1.c1ccc(P(c2ccccc2)c2ccccc2)cc1.c1ccc(P(c2ccccc2)c2ccccc2)cc1.c1ccc(P(c2ccccc2)c2ccccc2)cc1. The van der Waals surface area contributed by atoms with E-state index in [-0.39, 0.29) is 26.5 Å². The first-order valence-corrected chi connectivity index (χ1v) is 38.2. The Balaban J connectivity index is 0.000000132. The van der Waals surface area contributed by atoms with E-state index in [1.807, 2.05) is 6.07 Å². The number of rotatable bonds is 15. The third-order valence-electron chi connectivity index (χ3n) is 15.9. The largest absolute Gasteiger partial charge is 0.474 e. The van der Waals surface area contributed by atoms with Crippen LogP contribution in [0.2, 0.25) is 0 Å². The Bertz CT molecular complexity index is 3610. The van der Waals surface area contributed by atoms with Gasteiger partial charge in [0.05, 0.1) is 6.20 Å². The normalized spacial score (nSPS) is 11.6. The Hall–Kier alpha value is -9.15. The van der Waals surface area contributed by atoms with Crippen molar-refractivity contribution in [3.63, 3.8) is 0 Å². The first-order chi connectivity index (χ1) is 48.0. The van der Waals surface area contributed by atoms with Crippen molar-refractivity contribution >= 4 is 101 Å². The van der Waals surface area contributed by atoms with Crippen molar-refractivity contribution in [2.45, 2.75) is 38.2 Å². The van der Waals surface area contributed by atoms with Crippen LogP contribution in [0.3, 0.4) is 0 Å². The molecular weight excluding hydrogens is 1360 g/mol. The second kappa shape index (κ2) is 39.3. The van der Waals surface area contributed by atoms with E-state index in [0.29, 0.717) is 17.3 Å². The second-order valence-electron chi connectivity index (χ2n) is 22.7. The molecule has 0 unspecified atom stereocenters. The number of hydrogen-bond acceptors (Lipinski definition) is 4. The molecule has 2 aromatic heterocycles. The van der Waals surface area contributed by atoms with Gasteiger partial charge in [0, 0.05) is 43.8 Å². The average molecular weight is 1440 g/mol. The number of anilines is 1. The van der Waals surface area contributed by atoms with Crippen LogP contribution in [-0.4, -0.2) is 16.1 Å². The third kappa shape index (κ3) is 21.2. The van der Waals surface area contributed by atoms with E-state index >= 15 is 0 Å². The minimum Gasteiger partial charge on any atom is -0.474 e. The van der Waals surface area contributed by atoms with Crippen LogP contribution in [0.5, 0.6) is 5.88 Å². The first kappa shape index (κ1) is 71.6. The Labute approximate surface area is 597 Å². The van der Waals surface area contributed by atoms with Gasteiger partial charge in [0.2, 0.25) is 5.88 Å². The molecule has 0 spiro atoms. The number of benzene rings is 12. The molecule has 1 aliphatic rings. The molecule has 0 amide bonds. The molecule has 4 nitrogen and oxygen atoms in total. The maximum Gasteiger partial charge on any atom is 0.213 e. The predicted octanol–water partition coefficient (Wildman–Crippen LogP) is 17.4. The summed E-state index contributed by atoms with van der Waals surface area (Å²) in [5.41, 5.74) is 7.05. The van der Waals surface area contributed by atoms with Crippen LogP contribution in [-0.2, 0) is 20.4 Å². The molecule has 98 heavy (non-hydrogen) atoms. The summed E-state index contributed by atoms with van der Waals surface area (Å²) in [5, 5.41) is 16.8. The molecule has 0 atom stereocenters. The number of ether oxygens (including phenoxy) is 1. The van der Waals surface area contributed by atoms with Crippen molar-refractivity contribution in [1.29, 1.82) is 0 Å². The number of nitrogens with two attached hydrogens (primary N) is 1. The Kier molecular flexibility index (Phi) is 28.7. The Morgan fingerprint density at radius 1 is 0.286 bits per heavy atom. The molecule has 14 aromatic rings. The van der Waals surface area contributed by atoms with Crippen LogP contribution >= 0.6 is 31.7 Å². The summed E-state index contributed by atoms with van der Waals surface area (Å²) in [6, 6.07) is 134. The van der Waals surface area contributed by atoms with E-state index in [9.17, 15) is 4.39 Å². The topological polar surface area (TPSA) is 61.0 Å². The summed E-state index contributed by atoms with van der Waals surface area (Å²) in [6.07, 6.45) is 8.91. The van der Waals surface area contributed by atoms with Crippen LogP contribution in [0.4, 0.5) is 10.2 Å². The monoisotopic (exact) mass is 1440 g/mol. The van der Waals surface area contributed by atoms with E-state index in [0.717, 1.165) is 24.6 Å². The van der Waals surface area contributed by atoms with E-state index in [4.69, 9.17) is 10.5 Å². The van der Waals surface area contributed by atoms with Gasteiger partial charge in [-0.2, -0.15) is 0 Å². The smallest absolute Gasteiger partial charge is 0.213 e. The molecule has 0 saturated heterocycles. The summed E-state index contributed by atoms with van der Waals surface area (Å²) in [5.74, 6) is 0.481. The molecule has 12 aromatic carbocycles. The van der Waals surface area contributed by atoms with E-state index < -0.39 is 37.5 Å². The minimum atomic E-state index is -0.446. The van der Waals surface area contributed by atoms with Crippen LogP contribution in [0.15, 0.2) is 395 Å². The zero-order valence-corrected chi connectivity index (χ0v) is 59.6. The van der Waals surface area contributed by atoms with Crippen molar-refractivity contribution in [1.82, 2.24) is 9.97 Å². The van der Waals surface area contributed by atoms with E-state index in [2.05, 4.69) is 374 Å². The summed E-state index contributed by atoms with van der Waals surface area (Å²) in [6.45, 7) is 0. The first-order valence-electron chi connectivity index (χ1n) is 32.9. The molecular formula is C88H78FN3OP4Pd. The van der Waals surface area contributed by atoms with Gasteiger partial charge in [-0.15, -0.1) is 0 Å². The van der Waals surface area contributed by atoms with Gasteiger partial charge in [-0.1, -0.05) is 370 Å². The van der Waals surface area contributed by atoms with Gasteiger partial charge >= 0.3 is 0 Å². The maximum absolute atomic E-state index is 13.3. The molecule has 1 saturated carbocycles. The summed E-state index contributed by atoms with van der Waals surface area (Å²) >= 11 is 0. The molecule has 1 aliphatic carbocycles. The van der Waals surface area contributed by atoms with Crippen LogP contribution in [0.1, 0.15) is 32.1 Å². The van der Waals surface area contributed by atoms with Gasteiger partial charge in [-0.25, -0.2) is 14.4 Å². The number of aromatic nitrogens is 2. The summed E-state index contributed by atoms with van der Waals surface area (Å²) in [4.78, 5) is 8.11. The van der Waals surface area contributed by atoms with Gasteiger partial charge in [-0.3, -0.25) is 0 Å². The van der Waals surface area contributed by atoms with Crippen molar-refractivity contribution in [2.75, 3.05) is 5.73 Å². The quantitative estimate of drug-likeness (QED) is 0.0821. The Morgan fingerprint density at radius 2 is 0.510 bits per heavy atom. The van der Waals surface area contributed by atoms with Gasteiger partial charge in [0.1, 0.15) is 17.7 Å². The number of nitrogens with zero attached hydrogens (tertiary/aromatic N) is 2. The van der Waals surface area contributed by atoms with Crippen LogP contribution < -0.4 is 74.1 Å². The molecule has 2 N–H and O–H groups in total. The fourth-order valence-electron chi connectivity index (χ4n) is 11.4. The Morgan fingerprint density at radius 3 is 0.714 bits per heavy atom. The van der Waals surface area contributed by atoms with Crippen molar-refractivity contribution in [2.24, 2.45) is 0 Å². The van der Waals surface area contributed by atoms with Gasteiger partial charge < -0.3 is 10.5 Å². The number of hydrogen-bond donors (Lipinski definition) is 1. The third-order valence-corrected chi connectivity index (χ3v) is 25.7. The molecule has 15 rings (SSSR count). The molecule has 1 fully saturated rings.